The number of aliphatic hydroxyl groups is 2. The normalized spacial score (nSPS) is 14.9. The Balaban J connectivity index is 2.81. The van der Waals surface area contributed by atoms with Crippen molar-refractivity contribution >= 4 is 21.6 Å². The van der Waals surface area contributed by atoms with Crippen LogP contribution in [-0.4, -0.2) is 26.6 Å². The third kappa shape index (κ3) is 3.15. The zero-order valence-electron chi connectivity index (χ0n) is 8.52. The molecule has 1 heterocycles. The summed E-state index contributed by atoms with van der Waals surface area (Å²) < 4.78 is 0. The zero-order valence-corrected chi connectivity index (χ0v) is 10.1. The number of nitrogen functional groups attached to an aromatic ring is 1. The number of anilines is 1. The summed E-state index contributed by atoms with van der Waals surface area (Å²) in [6.07, 6.45) is 0.211. The van der Waals surface area contributed by atoms with Crippen molar-refractivity contribution in [2.24, 2.45) is 0 Å². The van der Waals surface area contributed by atoms with Gasteiger partial charge < -0.3 is 15.9 Å². The molecule has 0 saturated heterocycles. The van der Waals surface area contributed by atoms with Crippen LogP contribution in [-0.2, 0) is 0 Å². The average Bonchev–Trinajstić information content (AvgIpc) is 2.21. The number of alkyl halides is 1. The molecule has 0 aliphatic heterocycles. The Morgan fingerprint density at radius 3 is 2.73 bits per heavy atom. The van der Waals surface area contributed by atoms with Crippen LogP contribution >= 0.6 is 15.9 Å². The molecule has 84 valence electrons. The first-order valence-corrected chi connectivity index (χ1v) is 5.82. The van der Waals surface area contributed by atoms with E-state index in [1.807, 2.05) is 6.92 Å². The molecule has 2 unspecified atom stereocenters. The molecule has 0 bridgehead atoms. The van der Waals surface area contributed by atoms with Crippen molar-refractivity contribution in [3.05, 3.63) is 23.5 Å². The number of rotatable bonds is 4. The molecule has 1 aromatic rings. The van der Waals surface area contributed by atoms with E-state index in [-0.39, 0.29) is 0 Å². The lowest BCUT2D eigenvalue weighted by atomic mass is 10.1. The Labute approximate surface area is 97.3 Å². The van der Waals surface area contributed by atoms with Gasteiger partial charge in [-0.3, -0.25) is 4.98 Å². The van der Waals surface area contributed by atoms with Crippen LogP contribution in [0.25, 0.3) is 0 Å². The van der Waals surface area contributed by atoms with E-state index in [4.69, 9.17) is 5.73 Å². The van der Waals surface area contributed by atoms with Gasteiger partial charge in [-0.05, 0) is 25.0 Å². The number of nitrogens with zero attached hydrogens (tertiary/aromatic N) is 1. The first-order chi connectivity index (χ1) is 7.06. The molecule has 0 aromatic carbocycles. The standard InChI is InChI=1S/C10H15BrN2O2/c1-6-4-8(13-5-7(6)12)10(15)9(14)2-3-11/h4-5,9-10,14-15H,2-3,12H2,1H3. The molecule has 0 radical (unpaired) electrons. The summed E-state index contributed by atoms with van der Waals surface area (Å²) in [5.41, 5.74) is 7.50. The van der Waals surface area contributed by atoms with Gasteiger partial charge in [0.25, 0.3) is 0 Å². The molecule has 0 spiro atoms. The minimum Gasteiger partial charge on any atom is -0.397 e. The van der Waals surface area contributed by atoms with Gasteiger partial charge in [-0.25, -0.2) is 0 Å². The monoisotopic (exact) mass is 274 g/mol. The van der Waals surface area contributed by atoms with Crippen molar-refractivity contribution in [1.82, 2.24) is 4.98 Å². The molecule has 0 aliphatic rings. The summed E-state index contributed by atoms with van der Waals surface area (Å²) in [5.74, 6) is 0. The highest BCUT2D eigenvalue weighted by atomic mass is 79.9. The van der Waals surface area contributed by atoms with Crippen LogP contribution in [0.5, 0.6) is 0 Å². The summed E-state index contributed by atoms with van der Waals surface area (Å²) in [4.78, 5) is 3.99. The lowest BCUT2D eigenvalue weighted by molar-refractivity contribution is 0.0148. The van der Waals surface area contributed by atoms with Crippen molar-refractivity contribution in [3.63, 3.8) is 0 Å². The summed E-state index contributed by atoms with van der Waals surface area (Å²) in [6.45, 7) is 1.84. The first-order valence-electron chi connectivity index (χ1n) is 4.70. The maximum absolute atomic E-state index is 9.76. The molecule has 0 fully saturated rings. The fourth-order valence-corrected chi connectivity index (χ4v) is 1.69. The van der Waals surface area contributed by atoms with E-state index < -0.39 is 12.2 Å². The Bertz CT molecular complexity index is 333. The molecular weight excluding hydrogens is 260 g/mol. The molecule has 2 atom stereocenters. The summed E-state index contributed by atoms with van der Waals surface area (Å²) in [6, 6.07) is 1.69. The van der Waals surface area contributed by atoms with Crippen LogP contribution in [0.1, 0.15) is 23.8 Å². The van der Waals surface area contributed by atoms with Crippen LogP contribution < -0.4 is 5.73 Å². The van der Waals surface area contributed by atoms with E-state index in [0.717, 1.165) is 5.56 Å². The molecular formula is C10H15BrN2O2. The molecule has 4 nitrogen and oxygen atoms in total. The maximum Gasteiger partial charge on any atom is 0.122 e. The highest BCUT2D eigenvalue weighted by Crippen LogP contribution is 2.20. The minimum absolute atomic E-state index is 0.454. The molecule has 0 saturated carbocycles. The third-order valence-electron chi connectivity index (χ3n) is 2.24. The van der Waals surface area contributed by atoms with Gasteiger partial charge in [0.05, 0.1) is 23.7 Å². The molecule has 5 heteroatoms. The van der Waals surface area contributed by atoms with E-state index in [9.17, 15) is 10.2 Å². The maximum atomic E-state index is 9.76. The van der Waals surface area contributed by atoms with Crippen molar-refractivity contribution in [3.8, 4) is 0 Å². The summed E-state index contributed by atoms with van der Waals surface area (Å²) in [7, 11) is 0. The topological polar surface area (TPSA) is 79.4 Å². The van der Waals surface area contributed by atoms with E-state index in [1.165, 1.54) is 6.20 Å². The number of hydrogen-bond donors (Lipinski definition) is 3. The first kappa shape index (κ1) is 12.4. The second kappa shape index (κ2) is 5.44. The average molecular weight is 275 g/mol. The predicted octanol–water partition coefficient (Wildman–Crippen LogP) is 1.15. The van der Waals surface area contributed by atoms with Crippen molar-refractivity contribution < 1.29 is 10.2 Å². The van der Waals surface area contributed by atoms with Crippen molar-refractivity contribution in [1.29, 1.82) is 0 Å². The number of aliphatic hydroxyl groups excluding tert-OH is 2. The van der Waals surface area contributed by atoms with Gasteiger partial charge >= 0.3 is 0 Å². The minimum atomic E-state index is -0.957. The molecule has 1 rings (SSSR count). The molecule has 15 heavy (non-hydrogen) atoms. The smallest absolute Gasteiger partial charge is 0.122 e. The Kier molecular flexibility index (Phi) is 4.50. The molecule has 0 aliphatic carbocycles. The Morgan fingerprint density at radius 1 is 1.53 bits per heavy atom. The highest BCUT2D eigenvalue weighted by Gasteiger charge is 2.19. The van der Waals surface area contributed by atoms with Crippen molar-refractivity contribution in [2.75, 3.05) is 11.1 Å². The van der Waals surface area contributed by atoms with Gasteiger partial charge in [0.1, 0.15) is 6.10 Å². The van der Waals surface area contributed by atoms with Gasteiger partial charge in [0.2, 0.25) is 0 Å². The van der Waals surface area contributed by atoms with Crippen LogP contribution in [0.4, 0.5) is 5.69 Å². The van der Waals surface area contributed by atoms with Gasteiger partial charge in [-0.1, -0.05) is 15.9 Å². The van der Waals surface area contributed by atoms with Crippen molar-refractivity contribution in [2.45, 2.75) is 25.6 Å². The lowest BCUT2D eigenvalue weighted by Gasteiger charge is -2.16. The number of nitrogens with two attached hydrogens (primary N) is 1. The van der Waals surface area contributed by atoms with Gasteiger partial charge in [-0.15, -0.1) is 0 Å². The van der Waals surface area contributed by atoms with Crippen LogP contribution in [0.15, 0.2) is 12.3 Å². The Hall–Kier alpha value is -0.650. The fraction of sp³-hybridized carbons (Fsp3) is 0.500. The number of halogens is 1. The van der Waals surface area contributed by atoms with Crippen LogP contribution in [0, 0.1) is 6.92 Å². The zero-order chi connectivity index (χ0) is 11.4. The second-order valence-electron chi connectivity index (χ2n) is 3.46. The van der Waals surface area contributed by atoms with E-state index >= 15 is 0 Å². The quantitative estimate of drug-likeness (QED) is 0.720. The van der Waals surface area contributed by atoms with Gasteiger partial charge in [0.15, 0.2) is 0 Å². The van der Waals surface area contributed by atoms with E-state index in [0.29, 0.717) is 23.1 Å². The molecule has 4 N–H and O–H groups in total. The van der Waals surface area contributed by atoms with Crippen LogP contribution in [0.2, 0.25) is 0 Å². The SMILES string of the molecule is Cc1cc(C(O)C(O)CCBr)ncc1N. The molecule has 0 amide bonds. The third-order valence-corrected chi connectivity index (χ3v) is 2.70. The predicted molar refractivity (Wildman–Crippen MR) is 62.8 cm³/mol. The summed E-state index contributed by atoms with van der Waals surface area (Å²) >= 11 is 3.21. The highest BCUT2D eigenvalue weighted by molar-refractivity contribution is 9.09. The van der Waals surface area contributed by atoms with E-state index in [2.05, 4.69) is 20.9 Å². The number of aromatic nitrogens is 1. The number of aryl methyl sites for hydroxylation is 1. The second-order valence-corrected chi connectivity index (χ2v) is 4.25. The lowest BCUT2D eigenvalue weighted by Crippen LogP contribution is -2.19. The van der Waals surface area contributed by atoms with Crippen LogP contribution in [0.3, 0.4) is 0 Å². The number of hydrogen-bond acceptors (Lipinski definition) is 4. The van der Waals surface area contributed by atoms with Gasteiger partial charge in [0, 0.05) is 5.33 Å². The Morgan fingerprint density at radius 2 is 2.20 bits per heavy atom. The number of pyridine rings is 1. The fourth-order valence-electron chi connectivity index (χ4n) is 1.22. The summed E-state index contributed by atoms with van der Waals surface area (Å²) in [5, 5.41) is 20.0. The molecule has 1 aromatic heterocycles. The van der Waals surface area contributed by atoms with Gasteiger partial charge in [-0.2, -0.15) is 0 Å². The van der Waals surface area contributed by atoms with E-state index in [1.54, 1.807) is 6.07 Å². The largest absolute Gasteiger partial charge is 0.397 e.